The molecule has 0 radical (unpaired) electrons. The number of hydrogen-bond donors (Lipinski definition) is 2. The molecular formula is C15H22ClNO3S. The molecule has 2 N–H and O–H groups in total. The Kier molecular flexibility index (Phi) is 5.30. The Morgan fingerprint density at radius 1 is 1.29 bits per heavy atom. The van der Waals surface area contributed by atoms with E-state index in [4.69, 9.17) is 16.7 Å². The molecule has 0 saturated heterocycles. The first-order chi connectivity index (χ1) is 9.86. The van der Waals surface area contributed by atoms with Crippen LogP contribution in [0.1, 0.15) is 44.6 Å². The van der Waals surface area contributed by atoms with E-state index >= 15 is 0 Å². The predicted molar refractivity (Wildman–Crippen MR) is 83.8 cm³/mol. The number of benzene rings is 1. The molecule has 0 aromatic heterocycles. The van der Waals surface area contributed by atoms with Gasteiger partial charge in [-0.25, -0.2) is 13.1 Å². The van der Waals surface area contributed by atoms with Crippen LogP contribution < -0.4 is 4.72 Å². The van der Waals surface area contributed by atoms with Gasteiger partial charge in [-0.3, -0.25) is 0 Å². The molecule has 1 saturated carbocycles. The van der Waals surface area contributed by atoms with Gasteiger partial charge in [0.1, 0.15) is 4.90 Å². The molecule has 0 amide bonds. The number of aliphatic hydroxyl groups is 1. The minimum Gasteiger partial charge on any atom is -0.392 e. The highest BCUT2D eigenvalue weighted by molar-refractivity contribution is 7.89. The Bertz CT molecular complexity index is 595. The fraction of sp³-hybridized carbons (Fsp3) is 0.600. The summed E-state index contributed by atoms with van der Waals surface area (Å²) < 4.78 is 27.5. The molecule has 21 heavy (non-hydrogen) atoms. The summed E-state index contributed by atoms with van der Waals surface area (Å²) in [5, 5.41) is 9.31. The molecule has 1 fully saturated rings. The minimum atomic E-state index is -3.65. The van der Waals surface area contributed by atoms with Crippen molar-refractivity contribution in [3.8, 4) is 0 Å². The summed E-state index contributed by atoms with van der Waals surface area (Å²) in [6, 6.07) is 4.54. The molecule has 6 heteroatoms. The van der Waals surface area contributed by atoms with Crippen LogP contribution in [0.15, 0.2) is 23.1 Å². The van der Waals surface area contributed by atoms with Crippen LogP contribution in [0.3, 0.4) is 0 Å². The SMILES string of the molecule is CC1(CNS(=O)(=O)c2cc(CO)ccc2Cl)CCCCC1. The van der Waals surface area contributed by atoms with Gasteiger partial charge in [-0.2, -0.15) is 0 Å². The molecular weight excluding hydrogens is 310 g/mol. The third-order valence-electron chi connectivity index (χ3n) is 4.22. The lowest BCUT2D eigenvalue weighted by molar-refractivity contribution is 0.219. The normalized spacial score (nSPS) is 18.6. The average Bonchev–Trinajstić information content (AvgIpc) is 2.47. The Labute approximate surface area is 131 Å². The molecule has 1 aliphatic carbocycles. The van der Waals surface area contributed by atoms with Crippen LogP contribution in [0, 0.1) is 5.41 Å². The summed E-state index contributed by atoms with van der Waals surface area (Å²) in [5.41, 5.74) is 0.551. The first kappa shape index (κ1) is 16.7. The van der Waals surface area contributed by atoms with E-state index < -0.39 is 10.0 Å². The topological polar surface area (TPSA) is 66.4 Å². The fourth-order valence-electron chi connectivity index (χ4n) is 2.78. The third-order valence-corrected chi connectivity index (χ3v) is 6.10. The van der Waals surface area contributed by atoms with Crippen molar-refractivity contribution in [3.05, 3.63) is 28.8 Å². The van der Waals surface area contributed by atoms with Gasteiger partial charge in [0.25, 0.3) is 0 Å². The smallest absolute Gasteiger partial charge is 0.242 e. The van der Waals surface area contributed by atoms with Crippen molar-refractivity contribution in [1.82, 2.24) is 4.72 Å². The molecule has 1 aromatic rings. The van der Waals surface area contributed by atoms with Crippen molar-refractivity contribution in [2.24, 2.45) is 5.41 Å². The van der Waals surface area contributed by atoms with Crippen molar-refractivity contribution >= 4 is 21.6 Å². The van der Waals surface area contributed by atoms with Gasteiger partial charge in [-0.05, 0) is 36.0 Å². The molecule has 1 aromatic carbocycles. The quantitative estimate of drug-likeness (QED) is 0.871. The molecule has 0 heterocycles. The summed E-state index contributed by atoms with van der Waals surface area (Å²) >= 11 is 5.99. The van der Waals surface area contributed by atoms with Gasteiger partial charge in [0.2, 0.25) is 10.0 Å². The lowest BCUT2D eigenvalue weighted by Crippen LogP contribution is -2.37. The standard InChI is InChI=1S/C15H22ClNO3S/c1-15(7-3-2-4-8-15)11-17-21(19,20)14-9-12(10-18)5-6-13(14)16/h5-6,9,17-18H,2-4,7-8,10-11H2,1H3. The second kappa shape index (κ2) is 6.65. The molecule has 118 valence electrons. The van der Waals surface area contributed by atoms with E-state index in [-0.39, 0.29) is 21.9 Å². The monoisotopic (exact) mass is 331 g/mol. The van der Waals surface area contributed by atoms with Crippen molar-refractivity contribution in [3.63, 3.8) is 0 Å². The Hall–Kier alpha value is -0.620. The summed E-state index contributed by atoms with van der Waals surface area (Å²) in [4.78, 5) is 0.0372. The first-order valence-corrected chi connectivity index (χ1v) is 9.11. The van der Waals surface area contributed by atoms with Crippen LogP contribution in [0.4, 0.5) is 0 Å². The van der Waals surface area contributed by atoms with Gasteiger partial charge in [0.15, 0.2) is 0 Å². The molecule has 0 spiro atoms. The van der Waals surface area contributed by atoms with Gasteiger partial charge in [-0.1, -0.05) is 43.9 Å². The Morgan fingerprint density at radius 3 is 2.57 bits per heavy atom. The molecule has 0 unspecified atom stereocenters. The van der Waals surface area contributed by atoms with Gasteiger partial charge in [0.05, 0.1) is 11.6 Å². The first-order valence-electron chi connectivity index (χ1n) is 7.25. The second-order valence-corrected chi connectivity index (χ2v) is 8.26. The number of rotatable bonds is 5. The zero-order valence-corrected chi connectivity index (χ0v) is 13.8. The van der Waals surface area contributed by atoms with Crippen LogP contribution in [0.25, 0.3) is 0 Å². The molecule has 0 bridgehead atoms. The van der Waals surface area contributed by atoms with Gasteiger partial charge in [0, 0.05) is 6.54 Å². The van der Waals surface area contributed by atoms with Crippen LogP contribution in [0.2, 0.25) is 5.02 Å². The number of hydrogen-bond acceptors (Lipinski definition) is 3. The third kappa shape index (κ3) is 4.19. The lowest BCUT2D eigenvalue weighted by Gasteiger charge is -2.33. The highest BCUT2D eigenvalue weighted by atomic mass is 35.5. The van der Waals surface area contributed by atoms with E-state index in [1.807, 2.05) is 0 Å². The zero-order valence-electron chi connectivity index (χ0n) is 12.2. The van der Waals surface area contributed by atoms with Gasteiger partial charge >= 0.3 is 0 Å². The van der Waals surface area contributed by atoms with Crippen molar-refractivity contribution in [1.29, 1.82) is 0 Å². The summed E-state index contributed by atoms with van der Waals surface area (Å²) in [5.74, 6) is 0. The van der Waals surface area contributed by atoms with E-state index in [0.29, 0.717) is 12.1 Å². The zero-order chi connectivity index (χ0) is 15.5. The lowest BCUT2D eigenvalue weighted by atomic mass is 9.76. The van der Waals surface area contributed by atoms with Crippen molar-refractivity contribution in [2.75, 3.05) is 6.54 Å². The van der Waals surface area contributed by atoms with Crippen LogP contribution in [-0.2, 0) is 16.6 Å². The summed E-state index contributed by atoms with van der Waals surface area (Å²) in [6.45, 7) is 2.34. The maximum absolute atomic E-state index is 12.4. The van der Waals surface area contributed by atoms with E-state index in [1.54, 1.807) is 6.07 Å². The predicted octanol–water partition coefficient (Wildman–Crippen LogP) is 3.08. The van der Waals surface area contributed by atoms with Crippen molar-refractivity contribution < 1.29 is 13.5 Å². The molecule has 0 atom stereocenters. The Balaban J connectivity index is 2.15. The summed E-state index contributed by atoms with van der Waals surface area (Å²) in [7, 11) is -3.65. The van der Waals surface area contributed by atoms with E-state index in [9.17, 15) is 8.42 Å². The molecule has 2 rings (SSSR count). The maximum Gasteiger partial charge on any atom is 0.242 e. The number of sulfonamides is 1. The molecule has 4 nitrogen and oxygen atoms in total. The largest absolute Gasteiger partial charge is 0.392 e. The highest BCUT2D eigenvalue weighted by Gasteiger charge is 2.29. The van der Waals surface area contributed by atoms with Crippen LogP contribution >= 0.6 is 11.6 Å². The van der Waals surface area contributed by atoms with Gasteiger partial charge < -0.3 is 5.11 Å². The number of aliphatic hydroxyl groups excluding tert-OH is 1. The van der Waals surface area contributed by atoms with E-state index in [1.165, 1.54) is 18.6 Å². The van der Waals surface area contributed by atoms with Crippen LogP contribution in [-0.4, -0.2) is 20.1 Å². The number of halogens is 1. The average molecular weight is 332 g/mol. The molecule has 1 aliphatic rings. The van der Waals surface area contributed by atoms with Crippen LogP contribution in [0.5, 0.6) is 0 Å². The second-order valence-electron chi connectivity index (χ2n) is 6.12. The fourth-order valence-corrected chi connectivity index (χ4v) is 4.53. The van der Waals surface area contributed by atoms with E-state index in [2.05, 4.69) is 11.6 Å². The maximum atomic E-state index is 12.4. The van der Waals surface area contributed by atoms with Crippen molar-refractivity contribution in [2.45, 2.75) is 50.5 Å². The number of nitrogens with one attached hydrogen (secondary N) is 1. The Morgan fingerprint density at radius 2 is 1.95 bits per heavy atom. The minimum absolute atomic E-state index is 0.0202. The van der Waals surface area contributed by atoms with E-state index in [0.717, 1.165) is 25.7 Å². The highest BCUT2D eigenvalue weighted by Crippen LogP contribution is 2.35. The summed E-state index contributed by atoms with van der Waals surface area (Å²) in [6.07, 6.45) is 5.62. The van der Waals surface area contributed by atoms with Gasteiger partial charge in [-0.15, -0.1) is 0 Å². The molecule has 0 aliphatic heterocycles.